The van der Waals surface area contributed by atoms with Gasteiger partial charge in [0, 0.05) is 6.42 Å². The van der Waals surface area contributed by atoms with E-state index in [2.05, 4.69) is 19.9 Å². The van der Waals surface area contributed by atoms with Crippen molar-refractivity contribution in [3.63, 3.8) is 0 Å². The molecule has 0 spiro atoms. The molecular weight excluding hydrogens is 260 g/mol. The van der Waals surface area contributed by atoms with Crippen LogP contribution in [0.5, 0.6) is 0 Å². The monoisotopic (exact) mass is 288 g/mol. The Morgan fingerprint density at radius 3 is 2.71 bits per heavy atom. The van der Waals surface area contributed by atoms with Crippen LogP contribution in [0.1, 0.15) is 65.2 Å². The Balaban J connectivity index is 1.81. The highest BCUT2D eigenvalue weighted by Gasteiger charge is 2.56. The summed E-state index contributed by atoms with van der Waals surface area (Å²) in [4.78, 5) is 0. The van der Waals surface area contributed by atoms with Crippen molar-refractivity contribution < 1.29 is 10.2 Å². The molecule has 0 aromatic rings. The Morgan fingerprint density at radius 2 is 1.90 bits per heavy atom. The Labute approximate surface area is 127 Å². The number of hydrogen-bond donors (Lipinski definition) is 2. The van der Waals surface area contributed by atoms with E-state index in [0.717, 1.165) is 12.3 Å². The lowest BCUT2D eigenvalue weighted by molar-refractivity contribution is 0.0434. The van der Waals surface area contributed by atoms with Gasteiger partial charge in [0.25, 0.3) is 0 Å². The summed E-state index contributed by atoms with van der Waals surface area (Å²) >= 11 is 0. The van der Waals surface area contributed by atoms with Crippen molar-refractivity contribution in [3.8, 4) is 0 Å². The van der Waals surface area contributed by atoms with Crippen LogP contribution in [0, 0.1) is 28.6 Å². The maximum Gasteiger partial charge on any atom is 0.140 e. The van der Waals surface area contributed by atoms with E-state index in [1.54, 1.807) is 0 Å². The summed E-state index contributed by atoms with van der Waals surface area (Å²) in [6, 6.07) is 0. The second-order valence-electron chi connectivity index (χ2n) is 8.43. The molecule has 4 aliphatic rings. The van der Waals surface area contributed by atoms with E-state index >= 15 is 0 Å². The van der Waals surface area contributed by atoms with Crippen LogP contribution in [0.25, 0.3) is 0 Å². The van der Waals surface area contributed by atoms with Gasteiger partial charge in [0.2, 0.25) is 0 Å². The van der Waals surface area contributed by atoms with Crippen LogP contribution in [0.3, 0.4) is 0 Å². The third-order valence-corrected chi connectivity index (χ3v) is 7.57. The van der Waals surface area contributed by atoms with Gasteiger partial charge in [-0.25, -0.2) is 0 Å². The Bertz CT molecular complexity index is 532. The Kier molecular flexibility index (Phi) is 2.81. The highest BCUT2D eigenvalue weighted by Crippen LogP contribution is 2.64. The summed E-state index contributed by atoms with van der Waals surface area (Å²) in [5, 5.41) is 20.8. The van der Waals surface area contributed by atoms with Gasteiger partial charge in [-0.05, 0) is 68.6 Å². The maximum atomic E-state index is 10.7. The number of fused-ring (bicyclic) bond motifs is 5. The van der Waals surface area contributed by atoms with Crippen molar-refractivity contribution >= 4 is 0 Å². The summed E-state index contributed by atoms with van der Waals surface area (Å²) < 4.78 is 0. The second-order valence-corrected chi connectivity index (χ2v) is 8.43. The lowest BCUT2D eigenvalue weighted by atomic mass is 9.50. The van der Waals surface area contributed by atoms with Crippen molar-refractivity contribution in [1.82, 2.24) is 0 Å². The van der Waals surface area contributed by atoms with Crippen LogP contribution in [0.15, 0.2) is 23.2 Å². The molecule has 2 N–H and O–H groups in total. The fourth-order valence-electron chi connectivity index (χ4n) is 6.26. The summed E-state index contributed by atoms with van der Waals surface area (Å²) in [5.41, 5.74) is 1.68. The first-order valence-electron chi connectivity index (χ1n) is 8.79. The normalized spacial score (nSPS) is 49.2. The van der Waals surface area contributed by atoms with Gasteiger partial charge < -0.3 is 10.2 Å². The van der Waals surface area contributed by atoms with Gasteiger partial charge in [-0.1, -0.05) is 25.0 Å². The molecule has 2 heteroatoms. The Morgan fingerprint density at radius 1 is 1.10 bits per heavy atom. The zero-order valence-electron chi connectivity index (χ0n) is 13.4. The molecule has 21 heavy (non-hydrogen) atoms. The molecule has 0 heterocycles. The number of aliphatic hydroxyl groups is 2. The molecule has 0 saturated heterocycles. The number of aliphatic hydroxyl groups excluding tert-OH is 2. The molecule has 4 aliphatic carbocycles. The standard InChI is InChI=1S/C19H28O2/c1-18-10-3-4-14(18)13-7-5-12-6-8-16(20)17(21)19(12,2)15(13)9-11-18/h9,12-14,20-21H,3-8,10-11H2,1-2H3/t12?,13-,14-,18-,19-/m0/s1. The lowest BCUT2D eigenvalue weighted by Gasteiger charge is -2.54. The van der Waals surface area contributed by atoms with E-state index in [9.17, 15) is 10.2 Å². The van der Waals surface area contributed by atoms with Crippen molar-refractivity contribution in [1.29, 1.82) is 0 Å². The average molecular weight is 288 g/mol. The van der Waals surface area contributed by atoms with Crippen molar-refractivity contribution in [3.05, 3.63) is 23.2 Å². The molecular formula is C19H28O2. The van der Waals surface area contributed by atoms with Crippen LogP contribution in [-0.2, 0) is 0 Å². The largest absolute Gasteiger partial charge is 0.509 e. The first-order chi connectivity index (χ1) is 9.97. The minimum Gasteiger partial charge on any atom is -0.509 e. The molecule has 0 aromatic heterocycles. The fourth-order valence-corrected chi connectivity index (χ4v) is 6.26. The van der Waals surface area contributed by atoms with Crippen molar-refractivity contribution in [2.45, 2.75) is 65.2 Å². The fraction of sp³-hybridized carbons (Fsp3) is 0.789. The summed E-state index contributed by atoms with van der Waals surface area (Å²) in [6.45, 7) is 4.67. The van der Waals surface area contributed by atoms with Gasteiger partial charge in [-0.15, -0.1) is 0 Å². The molecule has 0 radical (unpaired) electrons. The van der Waals surface area contributed by atoms with E-state index in [0.29, 0.717) is 23.7 Å². The van der Waals surface area contributed by atoms with Crippen LogP contribution in [0.4, 0.5) is 0 Å². The van der Waals surface area contributed by atoms with E-state index in [4.69, 9.17) is 0 Å². The average Bonchev–Trinajstić information content (AvgIpc) is 2.86. The summed E-state index contributed by atoms with van der Waals surface area (Å²) in [7, 11) is 0. The predicted octanol–water partition coefficient (Wildman–Crippen LogP) is 5.28. The quantitative estimate of drug-likeness (QED) is 0.596. The predicted molar refractivity (Wildman–Crippen MR) is 84.0 cm³/mol. The highest BCUT2D eigenvalue weighted by atomic mass is 16.3. The summed E-state index contributed by atoms with van der Waals surface area (Å²) in [5.74, 6) is 2.49. The molecule has 4 rings (SSSR count). The van der Waals surface area contributed by atoms with E-state index < -0.39 is 0 Å². The molecule has 2 saturated carbocycles. The molecule has 2 nitrogen and oxygen atoms in total. The molecule has 2 fully saturated rings. The molecule has 116 valence electrons. The van der Waals surface area contributed by atoms with Crippen LogP contribution < -0.4 is 0 Å². The van der Waals surface area contributed by atoms with Crippen LogP contribution >= 0.6 is 0 Å². The van der Waals surface area contributed by atoms with Gasteiger partial charge in [0.15, 0.2) is 0 Å². The van der Waals surface area contributed by atoms with Gasteiger partial charge in [-0.2, -0.15) is 0 Å². The molecule has 0 amide bonds. The van der Waals surface area contributed by atoms with E-state index in [1.807, 2.05) is 0 Å². The minimum absolute atomic E-state index is 0.245. The van der Waals surface area contributed by atoms with Gasteiger partial charge in [0.05, 0.1) is 5.41 Å². The number of rotatable bonds is 0. The molecule has 0 aliphatic heterocycles. The van der Waals surface area contributed by atoms with Gasteiger partial charge in [-0.3, -0.25) is 0 Å². The Hall–Kier alpha value is -0.920. The molecule has 0 bridgehead atoms. The van der Waals surface area contributed by atoms with Crippen LogP contribution in [0.2, 0.25) is 0 Å². The van der Waals surface area contributed by atoms with E-state index in [1.165, 1.54) is 44.1 Å². The van der Waals surface area contributed by atoms with Gasteiger partial charge in [0.1, 0.15) is 11.5 Å². The molecule has 1 unspecified atom stereocenters. The third-order valence-electron chi connectivity index (χ3n) is 7.57. The van der Waals surface area contributed by atoms with Crippen LogP contribution in [-0.4, -0.2) is 10.2 Å². The third kappa shape index (κ3) is 1.65. The lowest BCUT2D eigenvalue weighted by Crippen LogP contribution is -2.47. The molecule has 5 atom stereocenters. The van der Waals surface area contributed by atoms with Gasteiger partial charge >= 0.3 is 0 Å². The van der Waals surface area contributed by atoms with Crippen molar-refractivity contribution in [2.24, 2.45) is 28.6 Å². The zero-order chi connectivity index (χ0) is 14.8. The topological polar surface area (TPSA) is 40.5 Å². The smallest absolute Gasteiger partial charge is 0.140 e. The zero-order valence-corrected chi connectivity index (χ0v) is 13.4. The first-order valence-corrected chi connectivity index (χ1v) is 8.79. The molecule has 0 aromatic carbocycles. The summed E-state index contributed by atoms with van der Waals surface area (Å²) in [6.07, 6.45) is 11.9. The highest BCUT2D eigenvalue weighted by molar-refractivity contribution is 5.36. The number of hydrogen-bond acceptors (Lipinski definition) is 2. The SMILES string of the molecule is C[C@@]12C3=CC[C@]4(C)CCC[C@H]4[C@@H]3CCC1CCC(O)=C2O. The maximum absolute atomic E-state index is 10.7. The first kappa shape index (κ1) is 13.7. The second kappa shape index (κ2) is 4.30. The minimum atomic E-state index is -0.283. The van der Waals surface area contributed by atoms with Crippen molar-refractivity contribution in [2.75, 3.05) is 0 Å². The van der Waals surface area contributed by atoms with E-state index in [-0.39, 0.29) is 16.9 Å². The number of allylic oxidation sites excluding steroid dienone is 3.